The summed E-state index contributed by atoms with van der Waals surface area (Å²) in [6.07, 6.45) is 32.0. The largest absolute Gasteiger partial charge is 0.472 e. The van der Waals surface area contributed by atoms with Crippen LogP contribution < -0.4 is 5.32 Å². The van der Waals surface area contributed by atoms with Gasteiger partial charge in [0, 0.05) is 6.92 Å². The van der Waals surface area contributed by atoms with E-state index in [1.807, 2.05) is 27.2 Å². The highest BCUT2D eigenvalue weighted by molar-refractivity contribution is 7.47. The number of unbranched alkanes of at least 4 members (excludes halogenated alkanes) is 21. The van der Waals surface area contributed by atoms with Crippen LogP contribution in [0.5, 0.6) is 0 Å². The number of rotatable bonds is 32. The Hall–Kier alpha value is -0.760. The summed E-state index contributed by atoms with van der Waals surface area (Å²) in [4.78, 5) is 21.5. The molecular weight excluding hydrogens is 575 g/mol. The van der Waals surface area contributed by atoms with E-state index in [4.69, 9.17) is 9.05 Å². The molecule has 0 aliphatic rings. The molecule has 0 aliphatic heterocycles. The summed E-state index contributed by atoms with van der Waals surface area (Å²) in [5.41, 5.74) is 0. The van der Waals surface area contributed by atoms with Crippen molar-refractivity contribution < 1.29 is 32.9 Å². The summed E-state index contributed by atoms with van der Waals surface area (Å²) in [6, 6.07) is -0.842. The highest BCUT2D eigenvalue weighted by Gasteiger charge is 2.27. The predicted octanol–water partition coefficient (Wildman–Crippen LogP) is 8.85. The highest BCUT2D eigenvalue weighted by atomic mass is 31.2. The molecule has 0 aromatic rings. The van der Waals surface area contributed by atoms with Crippen LogP contribution in [0.15, 0.2) is 12.2 Å². The number of phosphoric acid groups is 1. The molecule has 262 valence electrons. The van der Waals surface area contributed by atoms with E-state index in [1.165, 1.54) is 129 Å². The summed E-state index contributed by atoms with van der Waals surface area (Å²) in [5.74, 6) is -0.353. The molecule has 0 aliphatic carbocycles. The third-order valence-corrected chi connectivity index (χ3v) is 9.03. The van der Waals surface area contributed by atoms with Gasteiger partial charge in [0.25, 0.3) is 0 Å². The summed E-state index contributed by atoms with van der Waals surface area (Å²) in [5, 5.41) is 13.1. The first-order valence-electron chi connectivity index (χ1n) is 18.0. The Bertz CT molecular complexity index is 743. The van der Waals surface area contributed by atoms with Crippen molar-refractivity contribution in [3.05, 3.63) is 12.2 Å². The molecule has 0 fully saturated rings. The van der Waals surface area contributed by atoms with Crippen LogP contribution in [0.4, 0.5) is 0 Å². The van der Waals surface area contributed by atoms with E-state index < -0.39 is 20.0 Å². The number of allylic oxidation sites excluding steroid dienone is 1. The minimum atomic E-state index is -4.28. The first kappa shape index (κ1) is 43.2. The van der Waals surface area contributed by atoms with Crippen LogP contribution in [-0.4, -0.2) is 73.4 Å². The van der Waals surface area contributed by atoms with Crippen molar-refractivity contribution in [1.82, 2.24) is 5.32 Å². The zero-order valence-electron chi connectivity index (χ0n) is 29.4. The summed E-state index contributed by atoms with van der Waals surface area (Å²) < 4.78 is 22.8. The summed E-state index contributed by atoms with van der Waals surface area (Å²) >= 11 is 0. The predicted molar refractivity (Wildman–Crippen MR) is 185 cm³/mol. The normalized spacial score (nSPS) is 15.0. The van der Waals surface area contributed by atoms with Crippen LogP contribution in [0.25, 0.3) is 0 Å². The van der Waals surface area contributed by atoms with Gasteiger partial charge in [-0.3, -0.25) is 13.8 Å². The van der Waals surface area contributed by atoms with Crippen LogP contribution in [0.3, 0.4) is 0 Å². The van der Waals surface area contributed by atoms with Crippen LogP contribution in [0.1, 0.15) is 155 Å². The van der Waals surface area contributed by atoms with Gasteiger partial charge in [-0.2, -0.15) is 0 Å². The second-order valence-corrected chi connectivity index (χ2v) is 15.2. The van der Waals surface area contributed by atoms with Gasteiger partial charge in [0.1, 0.15) is 13.2 Å². The molecule has 44 heavy (non-hydrogen) atoms. The number of aliphatic hydroxyl groups is 1. The number of carbonyl (C=O) groups excluding carboxylic acids is 1. The lowest BCUT2D eigenvalue weighted by atomic mass is 10.0. The van der Waals surface area contributed by atoms with Crippen molar-refractivity contribution in [2.75, 3.05) is 40.9 Å². The number of likely N-dealkylation sites (N-methyl/N-ethyl adjacent to an activating group) is 1. The fraction of sp³-hybridized carbons (Fsp3) is 0.914. The van der Waals surface area contributed by atoms with Crippen molar-refractivity contribution in [1.29, 1.82) is 0 Å². The molecule has 0 aromatic carbocycles. The van der Waals surface area contributed by atoms with Crippen LogP contribution >= 0.6 is 7.82 Å². The second kappa shape index (κ2) is 28.5. The monoisotopic (exact) mass is 648 g/mol. The average Bonchev–Trinajstić information content (AvgIpc) is 2.94. The van der Waals surface area contributed by atoms with Gasteiger partial charge in [-0.05, 0) is 12.8 Å². The molecule has 9 heteroatoms. The Morgan fingerprint density at radius 1 is 0.750 bits per heavy atom. The number of carbonyl (C=O) groups is 1. The molecule has 1 amide bonds. The van der Waals surface area contributed by atoms with Crippen molar-refractivity contribution in [3.63, 3.8) is 0 Å². The van der Waals surface area contributed by atoms with Crippen molar-refractivity contribution in [3.8, 4) is 0 Å². The Morgan fingerprint density at radius 2 is 1.16 bits per heavy atom. The molecule has 0 bridgehead atoms. The fourth-order valence-electron chi connectivity index (χ4n) is 5.19. The van der Waals surface area contributed by atoms with E-state index in [1.54, 1.807) is 6.08 Å². The quantitative estimate of drug-likeness (QED) is 0.0292. The van der Waals surface area contributed by atoms with E-state index in [9.17, 15) is 19.4 Å². The molecule has 3 atom stereocenters. The maximum Gasteiger partial charge on any atom is 0.472 e. The Labute approximate surface area is 272 Å². The van der Waals surface area contributed by atoms with E-state index in [0.717, 1.165) is 19.3 Å². The molecule has 0 spiro atoms. The molecule has 0 aromatic heterocycles. The summed E-state index contributed by atoms with van der Waals surface area (Å²) in [7, 11) is 1.56. The molecule has 0 rings (SSSR count). The van der Waals surface area contributed by atoms with Crippen molar-refractivity contribution in [2.45, 2.75) is 167 Å². The minimum absolute atomic E-state index is 0.0596. The Kier molecular flexibility index (Phi) is 28.0. The third kappa shape index (κ3) is 31.2. The van der Waals surface area contributed by atoms with Crippen LogP contribution in [0.2, 0.25) is 0 Å². The van der Waals surface area contributed by atoms with Gasteiger partial charge < -0.3 is 19.8 Å². The number of hydrogen-bond acceptors (Lipinski definition) is 5. The van der Waals surface area contributed by atoms with E-state index in [2.05, 4.69) is 12.2 Å². The van der Waals surface area contributed by atoms with Crippen molar-refractivity contribution in [2.24, 2.45) is 0 Å². The Morgan fingerprint density at radius 3 is 1.55 bits per heavy atom. The minimum Gasteiger partial charge on any atom is -0.387 e. The second-order valence-electron chi connectivity index (χ2n) is 13.7. The lowest BCUT2D eigenvalue weighted by Crippen LogP contribution is -2.44. The molecular formula is C35H72N2O6P+. The Balaban J connectivity index is 3.76. The average molecular weight is 648 g/mol. The van der Waals surface area contributed by atoms with E-state index in [-0.39, 0.29) is 19.1 Å². The van der Waals surface area contributed by atoms with Crippen molar-refractivity contribution >= 4 is 13.7 Å². The van der Waals surface area contributed by atoms with E-state index in [0.29, 0.717) is 11.0 Å². The lowest BCUT2D eigenvalue weighted by Gasteiger charge is -2.25. The molecule has 0 saturated heterocycles. The maximum absolute atomic E-state index is 12.2. The van der Waals surface area contributed by atoms with Gasteiger partial charge >= 0.3 is 7.82 Å². The van der Waals surface area contributed by atoms with E-state index >= 15 is 0 Å². The number of aliphatic hydroxyl groups excluding tert-OH is 1. The molecule has 3 unspecified atom stereocenters. The SMILES string of the molecule is CCCCCCCCCCCCCCCCCCCCCCC/C=C/C(O)C(COP(=O)(O)OCC[N+](C)(C)C)NC(C)=O. The molecule has 8 nitrogen and oxygen atoms in total. The number of nitrogens with one attached hydrogen (secondary N) is 1. The summed E-state index contributed by atoms with van der Waals surface area (Å²) in [6.45, 7) is 3.88. The molecule has 0 radical (unpaired) electrons. The standard InChI is InChI=1S/C35H71N2O6P/c1-6-7-8-9-10-11-12-13-14-15-16-17-18-19-20-21-22-23-24-25-26-27-28-29-35(39)34(36-33(2)38)32-43-44(40,41)42-31-30-37(3,4)5/h28-29,34-35,39H,6-27,30-32H2,1-5H3,(H-,36,38,40,41)/p+1/b29-28+. The molecule has 0 saturated carbocycles. The zero-order chi connectivity index (χ0) is 32.9. The molecule has 0 heterocycles. The topological polar surface area (TPSA) is 105 Å². The van der Waals surface area contributed by atoms with Gasteiger partial charge in [0.2, 0.25) is 5.91 Å². The first-order valence-corrected chi connectivity index (χ1v) is 19.5. The zero-order valence-corrected chi connectivity index (χ0v) is 30.3. The number of nitrogens with zero attached hydrogens (tertiary/aromatic N) is 1. The number of amides is 1. The van der Waals surface area contributed by atoms with Gasteiger partial charge in [-0.15, -0.1) is 0 Å². The highest BCUT2D eigenvalue weighted by Crippen LogP contribution is 2.43. The van der Waals surface area contributed by atoms with Gasteiger partial charge in [0.15, 0.2) is 0 Å². The van der Waals surface area contributed by atoms with Crippen LogP contribution in [0, 0.1) is 0 Å². The number of phosphoric ester groups is 1. The lowest BCUT2D eigenvalue weighted by molar-refractivity contribution is -0.870. The van der Waals surface area contributed by atoms with Crippen LogP contribution in [-0.2, 0) is 18.4 Å². The van der Waals surface area contributed by atoms with Gasteiger partial charge in [-0.25, -0.2) is 4.57 Å². The molecule has 3 N–H and O–H groups in total. The maximum atomic E-state index is 12.2. The fourth-order valence-corrected chi connectivity index (χ4v) is 5.93. The van der Waals surface area contributed by atoms with Gasteiger partial charge in [-0.1, -0.05) is 147 Å². The third-order valence-electron chi connectivity index (χ3n) is 8.04. The number of quaternary nitrogens is 1. The smallest absolute Gasteiger partial charge is 0.387 e. The first-order chi connectivity index (χ1) is 21.0. The van der Waals surface area contributed by atoms with Gasteiger partial charge in [0.05, 0.1) is 39.9 Å². The number of hydrogen-bond donors (Lipinski definition) is 3.